The van der Waals surface area contributed by atoms with Crippen molar-refractivity contribution >= 4 is 11.6 Å². The fourth-order valence-corrected chi connectivity index (χ4v) is 2.37. The lowest BCUT2D eigenvalue weighted by Crippen LogP contribution is -2.12. The summed E-state index contributed by atoms with van der Waals surface area (Å²) in [7, 11) is 1.70. The minimum atomic E-state index is 0.775. The Balaban J connectivity index is 2.44. The van der Waals surface area contributed by atoms with Gasteiger partial charge in [-0.25, -0.2) is 0 Å². The maximum Gasteiger partial charge on any atom is 0.126 e. The van der Waals surface area contributed by atoms with Crippen molar-refractivity contribution in [2.75, 3.05) is 13.7 Å². The molecule has 0 aliphatic carbocycles. The predicted molar refractivity (Wildman–Crippen MR) is 85.6 cm³/mol. The van der Waals surface area contributed by atoms with Crippen LogP contribution >= 0.6 is 11.6 Å². The average Bonchev–Trinajstić information content (AvgIpc) is 2.46. The highest BCUT2D eigenvalue weighted by atomic mass is 35.5. The lowest BCUT2D eigenvalue weighted by Gasteiger charge is -2.12. The molecule has 0 aliphatic rings. The van der Waals surface area contributed by atoms with Gasteiger partial charge in [-0.05, 0) is 48.9 Å². The first-order chi connectivity index (χ1) is 9.65. The van der Waals surface area contributed by atoms with Crippen LogP contribution in [0.3, 0.4) is 0 Å². The molecule has 1 N–H and O–H groups in total. The normalized spacial score (nSPS) is 10.6. The van der Waals surface area contributed by atoms with Crippen molar-refractivity contribution in [2.45, 2.75) is 20.4 Å². The Bertz CT molecular complexity index is 596. The number of methoxy groups -OCH3 is 1. The van der Waals surface area contributed by atoms with E-state index in [1.807, 2.05) is 18.2 Å². The summed E-state index contributed by atoms with van der Waals surface area (Å²) in [4.78, 5) is 0. The molecule has 0 atom stereocenters. The highest BCUT2D eigenvalue weighted by Crippen LogP contribution is 2.33. The van der Waals surface area contributed by atoms with Crippen molar-refractivity contribution in [2.24, 2.45) is 0 Å². The molecular formula is C17H20ClNO. The molecule has 0 aliphatic heterocycles. The van der Waals surface area contributed by atoms with E-state index in [0.29, 0.717) is 0 Å². The quantitative estimate of drug-likeness (QED) is 0.879. The van der Waals surface area contributed by atoms with E-state index in [-0.39, 0.29) is 0 Å². The topological polar surface area (TPSA) is 21.3 Å². The molecule has 2 aromatic rings. The monoisotopic (exact) mass is 289 g/mol. The zero-order chi connectivity index (χ0) is 14.5. The summed E-state index contributed by atoms with van der Waals surface area (Å²) in [6.07, 6.45) is 0. The molecule has 2 nitrogen and oxygen atoms in total. The van der Waals surface area contributed by atoms with Gasteiger partial charge in [0.2, 0.25) is 0 Å². The predicted octanol–water partition coefficient (Wildman–Crippen LogP) is 4.43. The molecule has 2 aromatic carbocycles. The van der Waals surface area contributed by atoms with Crippen LogP contribution in [0.4, 0.5) is 0 Å². The van der Waals surface area contributed by atoms with Crippen LogP contribution in [0, 0.1) is 6.92 Å². The van der Waals surface area contributed by atoms with E-state index in [4.69, 9.17) is 16.3 Å². The zero-order valence-corrected chi connectivity index (χ0v) is 12.9. The van der Waals surface area contributed by atoms with Crippen molar-refractivity contribution in [3.8, 4) is 16.9 Å². The number of hydrogen-bond acceptors (Lipinski definition) is 2. The van der Waals surface area contributed by atoms with Gasteiger partial charge in [-0.1, -0.05) is 36.2 Å². The minimum Gasteiger partial charge on any atom is -0.496 e. The molecule has 3 heteroatoms. The van der Waals surface area contributed by atoms with Gasteiger partial charge in [0.1, 0.15) is 5.75 Å². The van der Waals surface area contributed by atoms with Crippen LogP contribution in [0.15, 0.2) is 36.4 Å². The highest BCUT2D eigenvalue weighted by Gasteiger charge is 2.08. The first-order valence-electron chi connectivity index (χ1n) is 6.80. The molecule has 2 rings (SSSR count). The maximum absolute atomic E-state index is 6.25. The summed E-state index contributed by atoms with van der Waals surface area (Å²) < 4.78 is 5.46. The second-order valence-corrected chi connectivity index (χ2v) is 5.20. The van der Waals surface area contributed by atoms with Gasteiger partial charge in [0.05, 0.1) is 7.11 Å². The SMILES string of the molecule is CCNCc1cc(-c2cc(C)ccc2OC)ccc1Cl. The van der Waals surface area contributed by atoms with E-state index in [0.717, 1.165) is 40.6 Å². The van der Waals surface area contributed by atoms with Gasteiger partial charge in [0.25, 0.3) is 0 Å². The largest absolute Gasteiger partial charge is 0.496 e. The number of ether oxygens (including phenoxy) is 1. The van der Waals surface area contributed by atoms with E-state index in [1.165, 1.54) is 5.56 Å². The van der Waals surface area contributed by atoms with Crippen molar-refractivity contribution in [1.29, 1.82) is 0 Å². The standard InChI is InChI=1S/C17H20ClNO/c1-4-19-11-14-10-13(6-7-16(14)18)15-9-12(2)5-8-17(15)20-3/h5-10,19H,4,11H2,1-3H3. The number of halogens is 1. The van der Waals surface area contributed by atoms with Crippen LogP contribution in [0.25, 0.3) is 11.1 Å². The van der Waals surface area contributed by atoms with Crippen LogP contribution in [0.2, 0.25) is 5.02 Å². The van der Waals surface area contributed by atoms with E-state index in [1.54, 1.807) is 7.11 Å². The summed E-state index contributed by atoms with van der Waals surface area (Å²) >= 11 is 6.25. The molecule has 106 valence electrons. The first kappa shape index (κ1) is 14.9. The Morgan fingerprint density at radius 3 is 2.65 bits per heavy atom. The summed E-state index contributed by atoms with van der Waals surface area (Å²) in [6.45, 7) is 5.87. The van der Waals surface area contributed by atoms with Gasteiger partial charge in [-0.3, -0.25) is 0 Å². The molecule has 0 amide bonds. The van der Waals surface area contributed by atoms with E-state index < -0.39 is 0 Å². The van der Waals surface area contributed by atoms with Crippen molar-refractivity contribution in [1.82, 2.24) is 5.32 Å². The molecule has 0 unspecified atom stereocenters. The second kappa shape index (κ2) is 6.78. The summed E-state index contributed by atoms with van der Waals surface area (Å²) in [6, 6.07) is 12.3. The van der Waals surface area contributed by atoms with Gasteiger partial charge in [-0.2, -0.15) is 0 Å². The molecule has 0 heterocycles. The van der Waals surface area contributed by atoms with Crippen LogP contribution in [0.5, 0.6) is 5.75 Å². The maximum atomic E-state index is 6.25. The van der Waals surface area contributed by atoms with Crippen molar-refractivity contribution in [3.63, 3.8) is 0 Å². The average molecular weight is 290 g/mol. The summed E-state index contributed by atoms with van der Waals surface area (Å²) in [5.74, 6) is 0.882. The van der Waals surface area contributed by atoms with E-state index in [9.17, 15) is 0 Å². The minimum absolute atomic E-state index is 0.775. The number of hydrogen-bond donors (Lipinski definition) is 1. The number of aryl methyl sites for hydroxylation is 1. The highest BCUT2D eigenvalue weighted by molar-refractivity contribution is 6.31. The smallest absolute Gasteiger partial charge is 0.126 e. The van der Waals surface area contributed by atoms with Gasteiger partial charge in [0.15, 0.2) is 0 Å². The van der Waals surface area contributed by atoms with Crippen LogP contribution < -0.4 is 10.1 Å². The Morgan fingerprint density at radius 2 is 1.95 bits per heavy atom. The molecule has 0 saturated heterocycles. The van der Waals surface area contributed by atoms with Crippen LogP contribution in [-0.2, 0) is 6.54 Å². The van der Waals surface area contributed by atoms with E-state index in [2.05, 4.69) is 37.4 Å². The number of benzene rings is 2. The summed E-state index contributed by atoms with van der Waals surface area (Å²) in [5, 5.41) is 4.10. The number of nitrogens with one attached hydrogen (secondary N) is 1. The zero-order valence-electron chi connectivity index (χ0n) is 12.2. The third-order valence-electron chi connectivity index (χ3n) is 3.28. The Kier molecular flexibility index (Phi) is 5.05. The molecule has 0 fully saturated rings. The molecule has 0 spiro atoms. The van der Waals surface area contributed by atoms with Gasteiger partial charge in [0, 0.05) is 17.1 Å². The van der Waals surface area contributed by atoms with Crippen molar-refractivity contribution < 1.29 is 4.74 Å². The molecule has 20 heavy (non-hydrogen) atoms. The lowest BCUT2D eigenvalue weighted by atomic mass is 10.00. The fraction of sp³-hybridized carbons (Fsp3) is 0.294. The Labute approximate surface area is 125 Å². The van der Waals surface area contributed by atoms with Crippen LogP contribution in [-0.4, -0.2) is 13.7 Å². The van der Waals surface area contributed by atoms with Crippen molar-refractivity contribution in [3.05, 3.63) is 52.5 Å². The van der Waals surface area contributed by atoms with E-state index >= 15 is 0 Å². The molecule has 0 bridgehead atoms. The molecule has 0 aromatic heterocycles. The second-order valence-electron chi connectivity index (χ2n) is 4.79. The molecular weight excluding hydrogens is 270 g/mol. The van der Waals surface area contributed by atoms with Gasteiger partial charge in [-0.15, -0.1) is 0 Å². The Hall–Kier alpha value is -1.51. The fourth-order valence-electron chi connectivity index (χ4n) is 2.18. The number of rotatable bonds is 5. The lowest BCUT2D eigenvalue weighted by molar-refractivity contribution is 0.416. The van der Waals surface area contributed by atoms with Gasteiger partial charge >= 0.3 is 0 Å². The third kappa shape index (κ3) is 3.33. The van der Waals surface area contributed by atoms with Gasteiger partial charge < -0.3 is 10.1 Å². The Morgan fingerprint density at radius 1 is 1.15 bits per heavy atom. The van der Waals surface area contributed by atoms with Crippen LogP contribution in [0.1, 0.15) is 18.1 Å². The third-order valence-corrected chi connectivity index (χ3v) is 3.65. The first-order valence-corrected chi connectivity index (χ1v) is 7.17. The molecule has 0 radical (unpaired) electrons. The summed E-state index contributed by atoms with van der Waals surface area (Å²) in [5.41, 5.74) is 4.54. The molecule has 0 saturated carbocycles.